The number of ether oxygens (including phenoxy) is 1. The number of carbonyl (C=O) groups excluding carboxylic acids is 2. The summed E-state index contributed by atoms with van der Waals surface area (Å²) < 4.78 is 5.01. The van der Waals surface area contributed by atoms with Gasteiger partial charge in [-0.25, -0.2) is 4.98 Å². The number of aromatic nitrogens is 1. The van der Waals surface area contributed by atoms with Gasteiger partial charge in [-0.15, -0.1) is 0 Å². The molecule has 0 saturated carbocycles. The first kappa shape index (κ1) is 10.3. The van der Waals surface area contributed by atoms with Gasteiger partial charge in [-0.3, -0.25) is 9.59 Å². The van der Waals surface area contributed by atoms with E-state index in [9.17, 15) is 9.59 Å². The van der Waals surface area contributed by atoms with E-state index in [1.165, 1.54) is 13.1 Å². The molecule has 2 aromatic rings. The molecule has 0 atom stereocenters. The third kappa shape index (κ3) is 1.77. The maximum absolute atomic E-state index is 10.9. The Bertz CT molecular complexity index is 563. The molecule has 0 spiro atoms. The first-order chi connectivity index (χ1) is 7.72. The third-order valence-corrected chi connectivity index (χ3v) is 2.15. The highest BCUT2D eigenvalue weighted by Gasteiger charge is 2.08. The van der Waals surface area contributed by atoms with Crippen LogP contribution >= 0.6 is 0 Å². The molecular formula is C12H9NO3. The Balaban J connectivity index is 2.69. The fraction of sp³-hybridized carbons (Fsp3) is 0.0833. The summed E-state index contributed by atoms with van der Waals surface area (Å²) in [6, 6.07) is 7.15. The Morgan fingerprint density at radius 3 is 2.62 bits per heavy atom. The summed E-state index contributed by atoms with van der Waals surface area (Å²) in [5, 5.41) is 1.38. The first-order valence-corrected chi connectivity index (χ1v) is 4.73. The lowest BCUT2D eigenvalue weighted by Crippen LogP contribution is -2.03. The smallest absolute Gasteiger partial charge is 0.308 e. The van der Waals surface area contributed by atoms with Crippen LogP contribution in [0.3, 0.4) is 0 Å². The third-order valence-electron chi connectivity index (χ3n) is 2.15. The Morgan fingerprint density at radius 1 is 1.31 bits per heavy atom. The molecule has 0 amide bonds. The zero-order valence-electron chi connectivity index (χ0n) is 8.64. The summed E-state index contributed by atoms with van der Waals surface area (Å²) in [6.45, 7) is 1.32. The van der Waals surface area contributed by atoms with Crippen molar-refractivity contribution in [1.29, 1.82) is 0 Å². The van der Waals surface area contributed by atoms with Crippen molar-refractivity contribution in [1.82, 2.24) is 4.98 Å². The number of hydrogen-bond acceptors (Lipinski definition) is 4. The van der Waals surface area contributed by atoms with E-state index in [1.807, 2.05) is 6.07 Å². The molecule has 0 radical (unpaired) electrons. The maximum atomic E-state index is 10.9. The van der Waals surface area contributed by atoms with Crippen LogP contribution in [0.15, 0.2) is 30.5 Å². The van der Waals surface area contributed by atoms with Crippen LogP contribution in [0.5, 0.6) is 5.75 Å². The molecule has 0 bridgehead atoms. The van der Waals surface area contributed by atoms with Crippen molar-refractivity contribution in [2.24, 2.45) is 0 Å². The maximum Gasteiger partial charge on any atom is 0.308 e. The summed E-state index contributed by atoms with van der Waals surface area (Å²) in [5.41, 5.74) is 0.339. The molecule has 16 heavy (non-hydrogen) atoms. The average molecular weight is 215 g/mol. The van der Waals surface area contributed by atoms with Crippen molar-refractivity contribution in [3.63, 3.8) is 0 Å². The van der Waals surface area contributed by atoms with Crippen LogP contribution in [0.2, 0.25) is 0 Å². The molecule has 4 nitrogen and oxygen atoms in total. The van der Waals surface area contributed by atoms with Gasteiger partial charge < -0.3 is 4.74 Å². The van der Waals surface area contributed by atoms with Crippen molar-refractivity contribution in [2.45, 2.75) is 6.92 Å². The standard InChI is InChI=1S/C12H9NO3/c1-8(15)16-12-6-13-11(7-14)9-4-2-3-5-10(9)12/h2-7H,1H3. The van der Waals surface area contributed by atoms with E-state index in [4.69, 9.17) is 4.74 Å². The Morgan fingerprint density at radius 2 is 2.00 bits per heavy atom. The van der Waals surface area contributed by atoms with Crippen LogP contribution in [0.4, 0.5) is 0 Å². The zero-order chi connectivity index (χ0) is 11.5. The summed E-state index contributed by atoms with van der Waals surface area (Å²) in [5.74, 6) is -0.0421. The van der Waals surface area contributed by atoms with Gasteiger partial charge in [-0.2, -0.15) is 0 Å². The van der Waals surface area contributed by atoms with E-state index in [1.54, 1.807) is 18.2 Å². The van der Waals surface area contributed by atoms with E-state index in [0.717, 1.165) is 0 Å². The first-order valence-electron chi connectivity index (χ1n) is 4.73. The minimum atomic E-state index is -0.411. The summed E-state index contributed by atoms with van der Waals surface area (Å²) in [4.78, 5) is 25.6. The second-order valence-electron chi connectivity index (χ2n) is 3.26. The van der Waals surface area contributed by atoms with Crippen LogP contribution in [0.25, 0.3) is 10.8 Å². The summed E-state index contributed by atoms with van der Waals surface area (Å²) in [6.07, 6.45) is 2.06. The highest BCUT2D eigenvalue weighted by molar-refractivity contribution is 5.99. The van der Waals surface area contributed by atoms with Crippen LogP contribution in [0, 0.1) is 0 Å². The van der Waals surface area contributed by atoms with E-state index >= 15 is 0 Å². The molecule has 80 valence electrons. The van der Waals surface area contributed by atoms with Crippen LogP contribution in [-0.2, 0) is 4.79 Å². The second kappa shape index (κ2) is 4.10. The quantitative estimate of drug-likeness (QED) is 0.567. The van der Waals surface area contributed by atoms with E-state index in [-0.39, 0.29) is 0 Å². The van der Waals surface area contributed by atoms with Gasteiger partial charge in [0, 0.05) is 17.7 Å². The van der Waals surface area contributed by atoms with Crippen molar-refractivity contribution < 1.29 is 14.3 Å². The number of benzene rings is 1. The molecule has 1 heterocycles. The molecule has 4 heteroatoms. The minimum Gasteiger partial charge on any atom is -0.424 e. The average Bonchev–Trinajstić information content (AvgIpc) is 2.29. The molecule has 0 unspecified atom stereocenters. The summed E-state index contributed by atoms with van der Waals surface area (Å²) >= 11 is 0. The lowest BCUT2D eigenvalue weighted by molar-refractivity contribution is -0.131. The topological polar surface area (TPSA) is 56.3 Å². The number of fused-ring (bicyclic) bond motifs is 1. The number of carbonyl (C=O) groups is 2. The Labute approximate surface area is 91.9 Å². The van der Waals surface area contributed by atoms with Gasteiger partial charge in [-0.05, 0) is 0 Å². The molecule has 1 aromatic heterocycles. The van der Waals surface area contributed by atoms with Gasteiger partial charge in [-0.1, -0.05) is 24.3 Å². The summed E-state index contributed by atoms with van der Waals surface area (Å²) in [7, 11) is 0. The van der Waals surface area contributed by atoms with E-state index in [0.29, 0.717) is 28.5 Å². The predicted molar refractivity (Wildman–Crippen MR) is 58.4 cm³/mol. The van der Waals surface area contributed by atoms with Crippen LogP contribution in [0.1, 0.15) is 17.4 Å². The molecule has 0 fully saturated rings. The Kier molecular flexibility index (Phi) is 2.64. The lowest BCUT2D eigenvalue weighted by atomic mass is 10.1. The van der Waals surface area contributed by atoms with Crippen molar-refractivity contribution in [2.75, 3.05) is 0 Å². The van der Waals surface area contributed by atoms with Gasteiger partial charge in [0.1, 0.15) is 5.69 Å². The van der Waals surface area contributed by atoms with Crippen molar-refractivity contribution in [3.05, 3.63) is 36.2 Å². The molecule has 0 aliphatic heterocycles. The number of pyridine rings is 1. The van der Waals surface area contributed by atoms with Crippen molar-refractivity contribution >= 4 is 23.0 Å². The molecule has 0 saturated heterocycles. The fourth-order valence-electron chi connectivity index (χ4n) is 1.52. The normalized spacial score (nSPS) is 10.1. The molecule has 0 aliphatic carbocycles. The Hall–Kier alpha value is -2.23. The number of rotatable bonds is 2. The van der Waals surface area contributed by atoms with E-state index < -0.39 is 5.97 Å². The largest absolute Gasteiger partial charge is 0.424 e. The van der Waals surface area contributed by atoms with Gasteiger partial charge in [0.15, 0.2) is 12.0 Å². The van der Waals surface area contributed by atoms with Gasteiger partial charge in [0.05, 0.1) is 6.20 Å². The molecular weight excluding hydrogens is 206 g/mol. The monoisotopic (exact) mass is 215 g/mol. The van der Waals surface area contributed by atoms with Gasteiger partial charge in [0.25, 0.3) is 0 Å². The van der Waals surface area contributed by atoms with Crippen LogP contribution in [-0.4, -0.2) is 17.2 Å². The molecule has 2 rings (SSSR count). The SMILES string of the molecule is CC(=O)Oc1cnc(C=O)c2ccccc12. The lowest BCUT2D eigenvalue weighted by Gasteiger charge is -2.06. The minimum absolute atomic E-state index is 0.339. The molecule has 0 aliphatic rings. The van der Waals surface area contributed by atoms with E-state index in [2.05, 4.69) is 4.98 Å². The highest BCUT2D eigenvalue weighted by atomic mass is 16.5. The zero-order valence-corrected chi connectivity index (χ0v) is 8.64. The number of hydrogen-bond donors (Lipinski definition) is 0. The highest BCUT2D eigenvalue weighted by Crippen LogP contribution is 2.26. The fourth-order valence-corrected chi connectivity index (χ4v) is 1.52. The second-order valence-corrected chi connectivity index (χ2v) is 3.26. The molecule has 1 aromatic carbocycles. The van der Waals surface area contributed by atoms with Gasteiger partial charge in [0.2, 0.25) is 0 Å². The molecule has 0 N–H and O–H groups in total. The van der Waals surface area contributed by atoms with Crippen LogP contribution < -0.4 is 4.74 Å². The number of nitrogens with zero attached hydrogens (tertiary/aromatic N) is 1. The predicted octanol–water partition coefficient (Wildman–Crippen LogP) is 1.97. The number of aldehydes is 1. The van der Waals surface area contributed by atoms with Crippen molar-refractivity contribution in [3.8, 4) is 5.75 Å². The van der Waals surface area contributed by atoms with Gasteiger partial charge >= 0.3 is 5.97 Å². The number of esters is 1.